The van der Waals surface area contributed by atoms with Gasteiger partial charge in [0.15, 0.2) is 0 Å². The Kier molecular flexibility index (Phi) is 5.19. The number of carbonyl (C=O) groups is 2. The van der Waals surface area contributed by atoms with Gasteiger partial charge in [0.05, 0.1) is 32.6 Å². The van der Waals surface area contributed by atoms with Crippen LogP contribution in [0.2, 0.25) is 0 Å². The van der Waals surface area contributed by atoms with Crippen LogP contribution >= 0.6 is 0 Å². The van der Waals surface area contributed by atoms with Gasteiger partial charge >= 0.3 is 5.97 Å². The molecular formula is C17H17NO5. The minimum Gasteiger partial charge on any atom is -0.497 e. The fraction of sp³-hybridized carbons (Fsp3) is 0.176. The quantitative estimate of drug-likeness (QED) is 0.859. The van der Waals surface area contributed by atoms with Gasteiger partial charge in [-0.25, -0.2) is 4.79 Å². The maximum Gasteiger partial charge on any atom is 0.339 e. The van der Waals surface area contributed by atoms with Crippen LogP contribution in [0, 0.1) is 0 Å². The third-order valence-electron chi connectivity index (χ3n) is 3.23. The molecule has 0 aliphatic rings. The fourth-order valence-electron chi connectivity index (χ4n) is 1.98. The number of ether oxygens (including phenoxy) is 3. The lowest BCUT2D eigenvalue weighted by Crippen LogP contribution is -2.15. The summed E-state index contributed by atoms with van der Waals surface area (Å²) < 4.78 is 14.9. The van der Waals surface area contributed by atoms with E-state index < -0.39 is 5.97 Å². The second-order valence-corrected chi connectivity index (χ2v) is 4.59. The van der Waals surface area contributed by atoms with E-state index in [4.69, 9.17) is 14.2 Å². The zero-order chi connectivity index (χ0) is 16.8. The molecule has 0 spiro atoms. The molecule has 6 nitrogen and oxygen atoms in total. The molecule has 0 atom stereocenters. The Bertz CT molecular complexity index is 709. The molecule has 0 aliphatic heterocycles. The van der Waals surface area contributed by atoms with Crippen molar-refractivity contribution in [3.05, 3.63) is 53.6 Å². The fourth-order valence-corrected chi connectivity index (χ4v) is 1.98. The molecule has 6 heteroatoms. The van der Waals surface area contributed by atoms with Crippen molar-refractivity contribution in [2.45, 2.75) is 0 Å². The highest BCUT2D eigenvalue weighted by Gasteiger charge is 2.16. The van der Waals surface area contributed by atoms with Gasteiger partial charge < -0.3 is 19.5 Å². The number of benzene rings is 2. The Morgan fingerprint density at radius 1 is 0.870 bits per heavy atom. The van der Waals surface area contributed by atoms with E-state index in [0.29, 0.717) is 22.7 Å². The second kappa shape index (κ2) is 7.31. The van der Waals surface area contributed by atoms with Crippen LogP contribution in [-0.2, 0) is 4.74 Å². The molecule has 0 bridgehead atoms. The zero-order valence-corrected chi connectivity index (χ0v) is 13.1. The average molecular weight is 315 g/mol. The molecule has 0 saturated carbocycles. The van der Waals surface area contributed by atoms with Crippen molar-refractivity contribution in [3.63, 3.8) is 0 Å². The normalized spacial score (nSPS) is 9.87. The number of methoxy groups -OCH3 is 3. The lowest BCUT2D eigenvalue weighted by molar-refractivity contribution is 0.0602. The first-order valence-corrected chi connectivity index (χ1v) is 6.80. The maximum absolute atomic E-state index is 12.3. The predicted molar refractivity (Wildman–Crippen MR) is 85.3 cm³/mol. The summed E-state index contributed by atoms with van der Waals surface area (Å²) in [5.41, 5.74) is 0.997. The maximum atomic E-state index is 12.3. The van der Waals surface area contributed by atoms with E-state index in [1.165, 1.54) is 20.3 Å². The predicted octanol–water partition coefficient (Wildman–Crippen LogP) is 2.74. The Balaban J connectivity index is 2.29. The third-order valence-corrected chi connectivity index (χ3v) is 3.23. The van der Waals surface area contributed by atoms with E-state index in [0.717, 1.165) is 0 Å². The first-order valence-electron chi connectivity index (χ1n) is 6.80. The second-order valence-electron chi connectivity index (χ2n) is 4.59. The Morgan fingerprint density at radius 2 is 1.48 bits per heavy atom. The SMILES string of the molecule is COC(=O)c1ccc(OC)cc1NC(=O)c1ccc(OC)cc1. The van der Waals surface area contributed by atoms with Crippen LogP contribution in [0.5, 0.6) is 11.5 Å². The number of anilines is 1. The first-order chi connectivity index (χ1) is 11.1. The summed E-state index contributed by atoms with van der Waals surface area (Å²) in [6.45, 7) is 0. The molecule has 0 fully saturated rings. The average Bonchev–Trinajstić information content (AvgIpc) is 2.60. The molecule has 0 saturated heterocycles. The van der Waals surface area contributed by atoms with E-state index in [9.17, 15) is 9.59 Å². The van der Waals surface area contributed by atoms with E-state index in [-0.39, 0.29) is 11.5 Å². The van der Waals surface area contributed by atoms with E-state index in [1.807, 2.05) is 0 Å². The van der Waals surface area contributed by atoms with Gasteiger partial charge in [-0.15, -0.1) is 0 Å². The van der Waals surface area contributed by atoms with Crippen molar-refractivity contribution >= 4 is 17.6 Å². The van der Waals surface area contributed by atoms with Gasteiger partial charge in [0.2, 0.25) is 0 Å². The molecule has 23 heavy (non-hydrogen) atoms. The number of rotatable bonds is 5. The number of hydrogen-bond acceptors (Lipinski definition) is 5. The molecule has 0 heterocycles. The van der Waals surface area contributed by atoms with E-state index in [1.54, 1.807) is 43.5 Å². The Hall–Kier alpha value is -3.02. The molecule has 2 aromatic rings. The number of nitrogens with one attached hydrogen (secondary N) is 1. The van der Waals surface area contributed by atoms with Crippen molar-refractivity contribution in [1.29, 1.82) is 0 Å². The Labute approximate surface area is 134 Å². The topological polar surface area (TPSA) is 73.9 Å². The van der Waals surface area contributed by atoms with Gasteiger partial charge in [0.25, 0.3) is 5.91 Å². The number of hydrogen-bond donors (Lipinski definition) is 1. The number of esters is 1. The van der Waals surface area contributed by atoms with Crippen molar-refractivity contribution < 1.29 is 23.8 Å². The van der Waals surface area contributed by atoms with Crippen LogP contribution in [-0.4, -0.2) is 33.2 Å². The van der Waals surface area contributed by atoms with Crippen molar-refractivity contribution in [1.82, 2.24) is 0 Å². The number of carbonyl (C=O) groups excluding carboxylic acids is 2. The highest BCUT2D eigenvalue weighted by Crippen LogP contribution is 2.24. The van der Waals surface area contributed by atoms with Crippen LogP contribution in [0.25, 0.3) is 0 Å². The van der Waals surface area contributed by atoms with Gasteiger partial charge in [0, 0.05) is 11.6 Å². The Morgan fingerprint density at radius 3 is 2.04 bits per heavy atom. The van der Waals surface area contributed by atoms with E-state index >= 15 is 0 Å². The monoisotopic (exact) mass is 315 g/mol. The van der Waals surface area contributed by atoms with Crippen LogP contribution in [0.15, 0.2) is 42.5 Å². The minimum atomic E-state index is -0.544. The summed E-state index contributed by atoms with van der Waals surface area (Å²) in [6.07, 6.45) is 0. The smallest absolute Gasteiger partial charge is 0.339 e. The van der Waals surface area contributed by atoms with Crippen LogP contribution < -0.4 is 14.8 Å². The van der Waals surface area contributed by atoms with Crippen LogP contribution in [0.3, 0.4) is 0 Å². The standard InChI is InChI=1S/C17H17NO5/c1-21-12-6-4-11(5-7-12)16(19)18-15-10-13(22-2)8-9-14(15)17(20)23-3/h4-10H,1-3H3,(H,18,19). The van der Waals surface area contributed by atoms with Gasteiger partial charge in [-0.05, 0) is 36.4 Å². The third kappa shape index (κ3) is 3.79. The molecule has 0 aliphatic carbocycles. The van der Waals surface area contributed by atoms with Crippen molar-refractivity contribution in [3.8, 4) is 11.5 Å². The highest BCUT2D eigenvalue weighted by molar-refractivity contribution is 6.08. The summed E-state index contributed by atoms with van der Waals surface area (Å²) >= 11 is 0. The largest absolute Gasteiger partial charge is 0.497 e. The molecule has 2 rings (SSSR count). The molecule has 0 unspecified atom stereocenters. The summed E-state index contributed by atoms with van der Waals surface area (Å²) in [5, 5.41) is 2.69. The zero-order valence-electron chi connectivity index (χ0n) is 13.1. The lowest BCUT2D eigenvalue weighted by Gasteiger charge is -2.11. The van der Waals surface area contributed by atoms with E-state index in [2.05, 4.69) is 5.32 Å². The summed E-state index contributed by atoms with van der Waals surface area (Å²) in [4.78, 5) is 24.1. The van der Waals surface area contributed by atoms with Crippen molar-refractivity contribution in [2.24, 2.45) is 0 Å². The molecule has 0 radical (unpaired) electrons. The highest BCUT2D eigenvalue weighted by atomic mass is 16.5. The number of amides is 1. The lowest BCUT2D eigenvalue weighted by atomic mass is 10.1. The van der Waals surface area contributed by atoms with Crippen molar-refractivity contribution in [2.75, 3.05) is 26.6 Å². The van der Waals surface area contributed by atoms with Gasteiger partial charge in [-0.2, -0.15) is 0 Å². The van der Waals surface area contributed by atoms with Crippen LogP contribution in [0.1, 0.15) is 20.7 Å². The molecule has 1 amide bonds. The van der Waals surface area contributed by atoms with Crippen LogP contribution in [0.4, 0.5) is 5.69 Å². The first kappa shape index (κ1) is 16.4. The molecule has 0 aromatic heterocycles. The van der Waals surface area contributed by atoms with Gasteiger partial charge in [-0.1, -0.05) is 0 Å². The molecular weight excluding hydrogens is 298 g/mol. The summed E-state index contributed by atoms with van der Waals surface area (Å²) in [6, 6.07) is 11.3. The molecule has 1 N–H and O–H groups in total. The minimum absolute atomic E-state index is 0.246. The summed E-state index contributed by atoms with van der Waals surface area (Å²) in [5.74, 6) is 0.268. The van der Waals surface area contributed by atoms with Gasteiger partial charge in [0.1, 0.15) is 11.5 Å². The molecule has 120 valence electrons. The summed E-state index contributed by atoms with van der Waals surface area (Å²) in [7, 11) is 4.33. The van der Waals surface area contributed by atoms with Gasteiger partial charge in [-0.3, -0.25) is 4.79 Å². The molecule has 2 aromatic carbocycles.